The number of carbonyl (C=O) groups is 1. The molecule has 0 saturated carbocycles. The van der Waals surface area contributed by atoms with Crippen LogP contribution in [0.2, 0.25) is 10.0 Å². The second-order valence-electron chi connectivity index (χ2n) is 4.56. The van der Waals surface area contributed by atoms with Crippen LogP contribution in [-0.2, 0) is 0 Å². The summed E-state index contributed by atoms with van der Waals surface area (Å²) in [6.07, 6.45) is 2.88. The molecular weight excluding hydrogens is 342 g/mol. The highest BCUT2D eigenvalue weighted by Crippen LogP contribution is 2.28. The van der Waals surface area contributed by atoms with Crippen molar-refractivity contribution in [1.29, 1.82) is 0 Å². The van der Waals surface area contributed by atoms with Crippen LogP contribution in [-0.4, -0.2) is 20.0 Å². The lowest BCUT2D eigenvalue weighted by Crippen LogP contribution is -1.97. The second kappa shape index (κ2) is 7.49. The minimum absolute atomic E-state index is 0.0466. The summed E-state index contributed by atoms with van der Waals surface area (Å²) in [5.74, 6) is -0.00394. The van der Waals surface area contributed by atoms with Crippen molar-refractivity contribution in [2.24, 2.45) is 0 Å². The van der Waals surface area contributed by atoms with Crippen LogP contribution >= 0.6 is 23.2 Å². The number of ether oxygens (including phenoxy) is 2. The third-order valence-corrected chi connectivity index (χ3v) is 3.71. The first kappa shape index (κ1) is 17.3. The van der Waals surface area contributed by atoms with E-state index in [1.165, 1.54) is 26.4 Å². The molecule has 0 fully saturated rings. The summed E-state index contributed by atoms with van der Waals surface area (Å²) in [6.45, 7) is 0. The molecule has 0 unspecified atom stereocenters. The maximum Gasteiger partial charge on any atom is 0.187 e. The quantitative estimate of drug-likeness (QED) is 0.428. The zero-order chi connectivity index (χ0) is 17.0. The number of halogens is 3. The van der Waals surface area contributed by atoms with E-state index in [1.807, 2.05) is 0 Å². The van der Waals surface area contributed by atoms with Gasteiger partial charge in [-0.3, -0.25) is 4.79 Å². The summed E-state index contributed by atoms with van der Waals surface area (Å²) in [4.78, 5) is 12.1. The number of hydrogen-bond acceptors (Lipinski definition) is 3. The Hall–Kier alpha value is -2.04. The van der Waals surface area contributed by atoms with Crippen LogP contribution in [0, 0.1) is 5.82 Å². The molecule has 6 heteroatoms. The lowest BCUT2D eigenvalue weighted by Gasteiger charge is -2.07. The lowest BCUT2D eigenvalue weighted by molar-refractivity contribution is 0.104. The molecule has 2 aromatic carbocycles. The van der Waals surface area contributed by atoms with E-state index in [9.17, 15) is 9.18 Å². The third-order valence-electron chi connectivity index (χ3n) is 3.11. The van der Waals surface area contributed by atoms with Gasteiger partial charge in [-0.1, -0.05) is 35.3 Å². The first-order valence-electron chi connectivity index (χ1n) is 6.55. The third kappa shape index (κ3) is 4.03. The smallest absolute Gasteiger partial charge is 0.187 e. The van der Waals surface area contributed by atoms with E-state index < -0.39 is 11.6 Å². The minimum atomic E-state index is -0.695. The summed E-state index contributed by atoms with van der Waals surface area (Å²) in [5, 5.41) is -0.0335. The molecule has 0 bridgehead atoms. The average molecular weight is 355 g/mol. The van der Waals surface area contributed by atoms with Crippen molar-refractivity contribution in [3.63, 3.8) is 0 Å². The number of carbonyl (C=O) groups excluding carboxylic acids is 1. The van der Waals surface area contributed by atoms with E-state index in [-0.39, 0.29) is 15.6 Å². The fourth-order valence-corrected chi connectivity index (χ4v) is 2.41. The maximum atomic E-state index is 13.5. The van der Waals surface area contributed by atoms with Crippen LogP contribution in [0.3, 0.4) is 0 Å². The predicted octanol–water partition coefficient (Wildman–Crippen LogP) is 5.05. The van der Waals surface area contributed by atoms with Crippen LogP contribution in [0.4, 0.5) is 4.39 Å². The Morgan fingerprint density at radius 2 is 1.74 bits per heavy atom. The number of allylic oxidation sites excluding steroid dienone is 1. The molecule has 120 valence electrons. The number of hydrogen-bond donors (Lipinski definition) is 0. The molecule has 3 nitrogen and oxygen atoms in total. The zero-order valence-electron chi connectivity index (χ0n) is 12.4. The Balaban J connectivity index is 2.26. The highest BCUT2D eigenvalue weighted by molar-refractivity contribution is 6.37. The van der Waals surface area contributed by atoms with E-state index in [2.05, 4.69) is 0 Å². The van der Waals surface area contributed by atoms with Crippen LogP contribution in [0.15, 0.2) is 36.4 Å². The highest BCUT2D eigenvalue weighted by atomic mass is 35.5. The monoisotopic (exact) mass is 354 g/mol. The average Bonchev–Trinajstić information content (AvgIpc) is 2.55. The zero-order valence-corrected chi connectivity index (χ0v) is 13.9. The van der Waals surface area contributed by atoms with Crippen LogP contribution in [0.1, 0.15) is 15.9 Å². The Morgan fingerprint density at radius 1 is 1.04 bits per heavy atom. The fraction of sp³-hybridized carbons (Fsp3) is 0.118. The van der Waals surface area contributed by atoms with E-state index in [0.29, 0.717) is 11.5 Å². The summed E-state index contributed by atoms with van der Waals surface area (Å²) in [5.41, 5.74) is 0.770. The molecular formula is C17H13Cl2FO3. The van der Waals surface area contributed by atoms with Gasteiger partial charge in [0.15, 0.2) is 17.3 Å². The second-order valence-corrected chi connectivity index (χ2v) is 5.37. The van der Waals surface area contributed by atoms with Gasteiger partial charge in [0, 0.05) is 5.56 Å². The molecule has 0 atom stereocenters. The Bertz CT molecular complexity index is 773. The van der Waals surface area contributed by atoms with Crippen LogP contribution in [0.5, 0.6) is 11.5 Å². The van der Waals surface area contributed by atoms with Gasteiger partial charge in [0.05, 0.1) is 24.3 Å². The number of rotatable bonds is 5. The van der Waals surface area contributed by atoms with Crippen molar-refractivity contribution in [2.45, 2.75) is 0 Å². The van der Waals surface area contributed by atoms with Gasteiger partial charge >= 0.3 is 0 Å². The van der Waals surface area contributed by atoms with Gasteiger partial charge in [-0.05, 0) is 35.9 Å². The molecule has 2 rings (SSSR count). The Kier molecular flexibility index (Phi) is 5.64. The number of benzene rings is 2. The van der Waals surface area contributed by atoms with E-state index in [4.69, 9.17) is 32.7 Å². The Labute approximate surface area is 143 Å². The summed E-state index contributed by atoms with van der Waals surface area (Å²) < 4.78 is 23.8. The van der Waals surface area contributed by atoms with Crippen molar-refractivity contribution < 1.29 is 18.7 Å². The van der Waals surface area contributed by atoms with Crippen molar-refractivity contribution in [2.75, 3.05) is 14.2 Å². The number of ketones is 1. The summed E-state index contributed by atoms with van der Waals surface area (Å²) in [6, 6.07) is 7.42. The largest absolute Gasteiger partial charge is 0.493 e. The molecule has 0 aliphatic rings. The molecule has 0 aliphatic heterocycles. The van der Waals surface area contributed by atoms with Gasteiger partial charge < -0.3 is 9.47 Å². The standard InChI is InChI=1S/C17H13Cl2FO3/c1-22-16-6-4-10(7-17(16)23-2)3-5-15(21)11-8-14(20)13(19)9-12(11)18/h3-9H,1-2H3. The predicted molar refractivity (Wildman–Crippen MR) is 89.3 cm³/mol. The molecule has 0 heterocycles. The van der Waals surface area contributed by atoms with E-state index in [0.717, 1.165) is 11.6 Å². The molecule has 2 aromatic rings. The van der Waals surface area contributed by atoms with Crippen molar-refractivity contribution in [3.05, 3.63) is 63.4 Å². The highest BCUT2D eigenvalue weighted by Gasteiger charge is 2.12. The van der Waals surface area contributed by atoms with E-state index in [1.54, 1.807) is 24.3 Å². The molecule has 0 radical (unpaired) electrons. The van der Waals surface area contributed by atoms with Gasteiger partial charge in [-0.25, -0.2) is 4.39 Å². The first-order chi connectivity index (χ1) is 11.0. The van der Waals surface area contributed by atoms with Crippen molar-refractivity contribution in [1.82, 2.24) is 0 Å². The summed E-state index contributed by atoms with van der Waals surface area (Å²) in [7, 11) is 3.06. The molecule has 0 amide bonds. The van der Waals surface area contributed by atoms with Crippen LogP contribution in [0.25, 0.3) is 6.08 Å². The molecule has 0 aliphatic carbocycles. The SMILES string of the molecule is COc1ccc(C=CC(=O)c2cc(F)c(Cl)cc2Cl)cc1OC. The van der Waals surface area contributed by atoms with Gasteiger partial charge in [0.25, 0.3) is 0 Å². The van der Waals surface area contributed by atoms with Crippen molar-refractivity contribution >= 4 is 35.1 Å². The normalized spacial score (nSPS) is 10.8. The Morgan fingerprint density at radius 3 is 2.39 bits per heavy atom. The molecule has 0 aromatic heterocycles. The molecule has 23 heavy (non-hydrogen) atoms. The first-order valence-corrected chi connectivity index (χ1v) is 7.31. The van der Waals surface area contributed by atoms with Crippen molar-refractivity contribution in [3.8, 4) is 11.5 Å². The topological polar surface area (TPSA) is 35.5 Å². The molecule has 0 saturated heterocycles. The minimum Gasteiger partial charge on any atom is -0.493 e. The van der Waals surface area contributed by atoms with Gasteiger partial charge in [0.2, 0.25) is 0 Å². The number of methoxy groups -OCH3 is 2. The van der Waals surface area contributed by atoms with Crippen LogP contribution < -0.4 is 9.47 Å². The fourth-order valence-electron chi connectivity index (χ4n) is 1.93. The van der Waals surface area contributed by atoms with E-state index >= 15 is 0 Å². The van der Waals surface area contributed by atoms with Gasteiger partial charge in [-0.2, -0.15) is 0 Å². The lowest BCUT2D eigenvalue weighted by atomic mass is 10.1. The van der Waals surface area contributed by atoms with Gasteiger partial charge in [0.1, 0.15) is 5.82 Å². The van der Waals surface area contributed by atoms with Gasteiger partial charge in [-0.15, -0.1) is 0 Å². The molecule has 0 N–H and O–H groups in total. The molecule has 0 spiro atoms. The maximum absolute atomic E-state index is 13.5. The summed E-state index contributed by atoms with van der Waals surface area (Å²) >= 11 is 11.5.